The van der Waals surface area contributed by atoms with Gasteiger partial charge in [-0.25, -0.2) is 4.39 Å². The van der Waals surface area contributed by atoms with Crippen molar-refractivity contribution >= 4 is 5.69 Å². The van der Waals surface area contributed by atoms with E-state index < -0.39 is 0 Å². The first kappa shape index (κ1) is 12.4. The minimum atomic E-state index is -0.129. The SMILES string of the molecule is CCC1CCCCC1Nc1cc(C)ccc1F. The van der Waals surface area contributed by atoms with E-state index >= 15 is 0 Å². The molecule has 0 amide bonds. The van der Waals surface area contributed by atoms with Crippen molar-refractivity contribution in [2.45, 2.75) is 52.0 Å². The second-order valence-corrected chi connectivity index (χ2v) is 5.19. The van der Waals surface area contributed by atoms with Crippen LogP contribution in [0, 0.1) is 18.7 Å². The van der Waals surface area contributed by atoms with Gasteiger partial charge in [-0.05, 0) is 43.4 Å². The molecule has 0 spiro atoms. The number of hydrogen-bond donors (Lipinski definition) is 1. The van der Waals surface area contributed by atoms with Crippen LogP contribution in [0.2, 0.25) is 0 Å². The summed E-state index contributed by atoms with van der Waals surface area (Å²) in [7, 11) is 0. The molecular weight excluding hydrogens is 213 g/mol. The first-order valence-corrected chi connectivity index (χ1v) is 6.73. The third-order valence-corrected chi connectivity index (χ3v) is 3.90. The quantitative estimate of drug-likeness (QED) is 0.812. The Bertz CT molecular complexity index is 375. The molecule has 2 atom stereocenters. The van der Waals surface area contributed by atoms with E-state index in [1.807, 2.05) is 19.1 Å². The molecule has 1 N–H and O–H groups in total. The molecule has 1 fully saturated rings. The van der Waals surface area contributed by atoms with Crippen molar-refractivity contribution in [3.05, 3.63) is 29.6 Å². The number of nitrogens with one attached hydrogen (secondary N) is 1. The van der Waals surface area contributed by atoms with Crippen molar-refractivity contribution in [3.8, 4) is 0 Å². The molecule has 2 rings (SSSR count). The van der Waals surface area contributed by atoms with E-state index in [0.717, 1.165) is 5.56 Å². The Morgan fingerprint density at radius 3 is 2.82 bits per heavy atom. The van der Waals surface area contributed by atoms with Crippen LogP contribution < -0.4 is 5.32 Å². The van der Waals surface area contributed by atoms with E-state index in [1.165, 1.54) is 32.1 Å². The molecule has 0 aromatic heterocycles. The highest BCUT2D eigenvalue weighted by atomic mass is 19.1. The van der Waals surface area contributed by atoms with Gasteiger partial charge in [0.2, 0.25) is 0 Å². The van der Waals surface area contributed by atoms with Gasteiger partial charge in [0, 0.05) is 6.04 Å². The standard InChI is InChI=1S/C15H22FN/c1-3-12-6-4-5-7-14(12)17-15-10-11(2)8-9-13(15)16/h8-10,12,14,17H,3-7H2,1-2H3. The molecule has 0 saturated heterocycles. The van der Waals surface area contributed by atoms with Gasteiger partial charge in [0.1, 0.15) is 5.82 Å². The van der Waals surface area contributed by atoms with Crippen LogP contribution in [0.5, 0.6) is 0 Å². The summed E-state index contributed by atoms with van der Waals surface area (Å²) in [5.74, 6) is 0.569. The first-order chi connectivity index (χ1) is 8.20. The highest BCUT2D eigenvalue weighted by molar-refractivity contribution is 5.48. The second kappa shape index (κ2) is 5.52. The van der Waals surface area contributed by atoms with Crippen LogP contribution >= 0.6 is 0 Å². The van der Waals surface area contributed by atoms with E-state index in [9.17, 15) is 4.39 Å². The molecule has 1 saturated carbocycles. The average Bonchev–Trinajstić information content (AvgIpc) is 2.34. The Labute approximate surface area is 103 Å². The predicted octanol–water partition coefficient (Wildman–Crippen LogP) is 4.51. The van der Waals surface area contributed by atoms with Crippen LogP contribution in [0.3, 0.4) is 0 Å². The molecule has 0 aliphatic heterocycles. The zero-order valence-corrected chi connectivity index (χ0v) is 10.8. The lowest BCUT2D eigenvalue weighted by molar-refractivity contribution is 0.316. The largest absolute Gasteiger partial charge is 0.380 e. The number of halogens is 1. The van der Waals surface area contributed by atoms with E-state index in [1.54, 1.807) is 6.07 Å². The zero-order chi connectivity index (χ0) is 12.3. The monoisotopic (exact) mass is 235 g/mol. The summed E-state index contributed by atoms with van der Waals surface area (Å²) < 4.78 is 13.7. The fraction of sp³-hybridized carbons (Fsp3) is 0.600. The third kappa shape index (κ3) is 2.99. The van der Waals surface area contributed by atoms with Crippen LogP contribution in [0.25, 0.3) is 0 Å². The molecule has 2 heteroatoms. The van der Waals surface area contributed by atoms with Gasteiger partial charge in [-0.2, -0.15) is 0 Å². The highest BCUT2D eigenvalue weighted by Gasteiger charge is 2.24. The third-order valence-electron chi connectivity index (χ3n) is 3.90. The Kier molecular flexibility index (Phi) is 4.03. The Balaban J connectivity index is 2.10. The summed E-state index contributed by atoms with van der Waals surface area (Å²) in [5.41, 5.74) is 1.79. The number of benzene rings is 1. The van der Waals surface area contributed by atoms with E-state index in [0.29, 0.717) is 17.6 Å². The van der Waals surface area contributed by atoms with Crippen LogP contribution in [-0.2, 0) is 0 Å². The van der Waals surface area contributed by atoms with Gasteiger partial charge >= 0.3 is 0 Å². The van der Waals surface area contributed by atoms with E-state index in [-0.39, 0.29) is 5.82 Å². The van der Waals surface area contributed by atoms with E-state index in [4.69, 9.17) is 0 Å². The van der Waals surface area contributed by atoms with E-state index in [2.05, 4.69) is 12.2 Å². The Morgan fingerprint density at radius 1 is 1.29 bits per heavy atom. The van der Waals surface area contributed by atoms with Crippen molar-refractivity contribution in [1.29, 1.82) is 0 Å². The maximum Gasteiger partial charge on any atom is 0.146 e. The number of anilines is 1. The van der Waals surface area contributed by atoms with Crippen molar-refractivity contribution < 1.29 is 4.39 Å². The van der Waals surface area contributed by atoms with Gasteiger partial charge in [0.25, 0.3) is 0 Å². The maximum atomic E-state index is 13.7. The summed E-state index contributed by atoms with van der Waals surface area (Å²) in [6.45, 7) is 4.24. The summed E-state index contributed by atoms with van der Waals surface area (Å²) in [6.07, 6.45) is 6.23. The van der Waals surface area contributed by atoms with Gasteiger partial charge in [0.15, 0.2) is 0 Å². The van der Waals surface area contributed by atoms with Crippen LogP contribution in [0.4, 0.5) is 10.1 Å². The molecule has 0 bridgehead atoms. The molecule has 1 aromatic carbocycles. The van der Waals surface area contributed by atoms with Gasteiger partial charge < -0.3 is 5.32 Å². The molecule has 2 unspecified atom stereocenters. The topological polar surface area (TPSA) is 12.0 Å². The molecule has 0 radical (unpaired) electrons. The molecule has 94 valence electrons. The number of aryl methyl sites for hydroxylation is 1. The predicted molar refractivity (Wildman–Crippen MR) is 70.8 cm³/mol. The van der Waals surface area contributed by atoms with Gasteiger partial charge in [-0.1, -0.05) is 32.3 Å². The lowest BCUT2D eigenvalue weighted by Gasteiger charge is -2.32. The summed E-state index contributed by atoms with van der Waals surface area (Å²) in [5, 5.41) is 3.42. The normalized spacial score (nSPS) is 24.6. The smallest absolute Gasteiger partial charge is 0.146 e. The van der Waals surface area contributed by atoms with Crippen LogP contribution in [0.1, 0.15) is 44.6 Å². The lowest BCUT2D eigenvalue weighted by atomic mass is 9.83. The molecule has 1 aliphatic carbocycles. The highest BCUT2D eigenvalue weighted by Crippen LogP contribution is 2.30. The average molecular weight is 235 g/mol. The van der Waals surface area contributed by atoms with Crippen LogP contribution in [0.15, 0.2) is 18.2 Å². The van der Waals surface area contributed by atoms with Crippen molar-refractivity contribution in [2.75, 3.05) is 5.32 Å². The van der Waals surface area contributed by atoms with Gasteiger partial charge in [-0.3, -0.25) is 0 Å². The van der Waals surface area contributed by atoms with Gasteiger partial charge in [0.05, 0.1) is 5.69 Å². The first-order valence-electron chi connectivity index (χ1n) is 6.73. The fourth-order valence-electron chi connectivity index (χ4n) is 2.84. The van der Waals surface area contributed by atoms with Gasteiger partial charge in [-0.15, -0.1) is 0 Å². The Morgan fingerprint density at radius 2 is 2.06 bits per heavy atom. The zero-order valence-electron chi connectivity index (χ0n) is 10.8. The maximum absolute atomic E-state index is 13.7. The van der Waals surface area contributed by atoms with Crippen molar-refractivity contribution in [3.63, 3.8) is 0 Å². The van der Waals surface area contributed by atoms with Crippen LogP contribution in [-0.4, -0.2) is 6.04 Å². The fourth-order valence-corrected chi connectivity index (χ4v) is 2.84. The number of hydrogen-bond acceptors (Lipinski definition) is 1. The molecular formula is C15H22FN. The molecule has 0 heterocycles. The Hall–Kier alpha value is -1.05. The lowest BCUT2D eigenvalue weighted by Crippen LogP contribution is -2.32. The molecule has 1 aromatic rings. The second-order valence-electron chi connectivity index (χ2n) is 5.19. The summed E-state index contributed by atoms with van der Waals surface area (Å²) in [4.78, 5) is 0. The minimum absolute atomic E-state index is 0.129. The molecule has 1 nitrogen and oxygen atoms in total. The van der Waals surface area contributed by atoms with Crippen molar-refractivity contribution in [2.24, 2.45) is 5.92 Å². The summed E-state index contributed by atoms with van der Waals surface area (Å²) in [6, 6.07) is 5.74. The molecule has 1 aliphatic rings. The minimum Gasteiger partial charge on any atom is -0.380 e. The summed E-state index contributed by atoms with van der Waals surface area (Å²) >= 11 is 0. The van der Waals surface area contributed by atoms with Crippen molar-refractivity contribution in [1.82, 2.24) is 0 Å². The molecule has 17 heavy (non-hydrogen) atoms. The number of rotatable bonds is 3.